The first-order valence-electron chi connectivity index (χ1n) is 9.36. The number of aromatic nitrogens is 2. The van der Waals surface area contributed by atoms with Crippen LogP contribution < -0.4 is 10.6 Å². The Hall–Kier alpha value is -3.10. The van der Waals surface area contributed by atoms with Crippen LogP contribution in [-0.2, 0) is 27.7 Å². The Morgan fingerprint density at radius 1 is 1.13 bits per heavy atom. The first-order chi connectivity index (χ1) is 13.8. The first-order valence-corrected chi connectivity index (χ1v) is 9.36. The summed E-state index contributed by atoms with van der Waals surface area (Å²) in [5, 5.41) is 8.94. The average Bonchev–Trinajstić information content (AvgIpc) is 3.05. The normalized spacial score (nSPS) is 21.5. The molecule has 1 aliphatic rings. The number of hydrogen-bond acceptors (Lipinski definition) is 3. The fourth-order valence-corrected chi connectivity index (χ4v) is 3.34. The van der Waals surface area contributed by atoms with Crippen LogP contribution in [-0.4, -0.2) is 27.1 Å². The summed E-state index contributed by atoms with van der Waals surface area (Å²) in [5.41, 5.74) is -2.85. The summed E-state index contributed by atoms with van der Waals surface area (Å²) in [4.78, 5) is 25.3. The smallest absolute Gasteiger partial charge is 0.336 e. The fraction of sp³-hybridized carbons (Fsp3) is 0.381. The van der Waals surface area contributed by atoms with Gasteiger partial charge in [0.1, 0.15) is 16.9 Å². The number of piperazine rings is 1. The van der Waals surface area contributed by atoms with Crippen LogP contribution in [0.15, 0.2) is 42.2 Å². The minimum Gasteiger partial charge on any atom is -0.336 e. The van der Waals surface area contributed by atoms with Gasteiger partial charge in [-0.1, -0.05) is 30.3 Å². The molecule has 2 N–H and O–H groups in total. The molecule has 1 aliphatic heterocycles. The van der Waals surface area contributed by atoms with Crippen molar-refractivity contribution in [3.63, 3.8) is 0 Å². The van der Waals surface area contributed by atoms with Crippen molar-refractivity contribution in [3.05, 3.63) is 59.0 Å². The molecule has 160 valence electrons. The minimum atomic E-state index is -4.69. The number of benzene rings is 1. The molecule has 0 spiro atoms. The van der Waals surface area contributed by atoms with E-state index in [0.717, 1.165) is 22.5 Å². The molecule has 3 rings (SSSR count). The van der Waals surface area contributed by atoms with Gasteiger partial charge in [0.15, 0.2) is 0 Å². The third kappa shape index (κ3) is 4.24. The van der Waals surface area contributed by atoms with Crippen LogP contribution in [0.3, 0.4) is 0 Å². The van der Waals surface area contributed by atoms with Crippen LogP contribution in [0, 0.1) is 0 Å². The second-order valence-corrected chi connectivity index (χ2v) is 8.49. The monoisotopic (exact) mass is 420 g/mol. The highest BCUT2D eigenvalue weighted by molar-refractivity contribution is 6.09. The fourth-order valence-electron chi connectivity index (χ4n) is 3.34. The van der Waals surface area contributed by atoms with Crippen LogP contribution in [0.5, 0.6) is 0 Å². The van der Waals surface area contributed by atoms with E-state index in [1.807, 2.05) is 30.3 Å². The number of alkyl halides is 3. The Kier molecular flexibility index (Phi) is 5.26. The van der Waals surface area contributed by atoms with Crippen molar-refractivity contribution in [2.75, 3.05) is 0 Å². The molecule has 2 amide bonds. The Morgan fingerprint density at radius 2 is 1.77 bits per heavy atom. The zero-order chi connectivity index (χ0) is 22.3. The molecule has 0 saturated carbocycles. The minimum absolute atomic E-state index is 0.244. The molecule has 1 aromatic carbocycles. The van der Waals surface area contributed by atoms with E-state index in [1.54, 1.807) is 27.7 Å². The molecule has 30 heavy (non-hydrogen) atoms. The molecule has 6 nitrogen and oxygen atoms in total. The second-order valence-electron chi connectivity index (χ2n) is 8.49. The number of carbonyl (C=O) groups excluding carboxylic acids is 2. The molecule has 2 heterocycles. The maximum Gasteiger partial charge on any atom is 0.433 e. The van der Waals surface area contributed by atoms with E-state index in [0.29, 0.717) is 0 Å². The van der Waals surface area contributed by atoms with E-state index in [1.165, 1.54) is 0 Å². The molecule has 9 heteroatoms. The van der Waals surface area contributed by atoms with Gasteiger partial charge in [-0.2, -0.15) is 18.3 Å². The number of nitrogens with zero attached hydrogens (tertiary/aromatic N) is 2. The zero-order valence-electron chi connectivity index (χ0n) is 17.1. The maximum atomic E-state index is 13.7. The SMILES string of the molecule is CC1(Cc2ccccc2)NC(=O)C(=Cc2cnn(C(C)(C)C)c2C(F)(F)F)NC1=O. The van der Waals surface area contributed by atoms with Gasteiger partial charge in [-0.25, -0.2) is 0 Å². The van der Waals surface area contributed by atoms with E-state index in [2.05, 4.69) is 15.7 Å². The summed E-state index contributed by atoms with van der Waals surface area (Å²) in [6, 6.07) is 9.12. The highest BCUT2D eigenvalue weighted by Gasteiger charge is 2.43. The predicted molar refractivity (Wildman–Crippen MR) is 105 cm³/mol. The molecule has 0 aliphatic carbocycles. The summed E-state index contributed by atoms with van der Waals surface area (Å²) >= 11 is 0. The Bertz CT molecular complexity index is 1000. The molecule has 1 saturated heterocycles. The number of nitrogens with one attached hydrogen (secondary N) is 2. The van der Waals surface area contributed by atoms with Crippen molar-refractivity contribution < 1.29 is 22.8 Å². The molecular formula is C21H23F3N4O2. The Morgan fingerprint density at radius 3 is 2.33 bits per heavy atom. The number of amides is 2. The number of rotatable bonds is 3. The van der Waals surface area contributed by atoms with Crippen molar-refractivity contribution in [1.29, 1.82) is 0 Å². The van der Waals surface area contributed by atoms with Gasteiger partial charge in [0, 0.05) is 12.0 Å². The van der Waals surface area contributed by atoms with Crippen LogP contribution >= 0.6 is 0 Å². The van der Waals surface area contributed by atoms with Gasteiger partial charge in [0.2, 0.25) is 5.91 Å². The summed E-state index contributed by atoms with van der Waals surface area (Å²) in [7, 11) is 0. The lowest BCUT2D eigenvalue weighted by Crippen LogP contribution is -2.64. The summed E-state index contributed by atoms with van der Waals surface area (Å²) in [6.07, 6.45) is -2.40. The van der Waals surface area contributed by atoms with Gasteiger partial charge in [0.05, 0.1) is 11.7 Å². The third-order valence-electron chi connectivity index (χ3n) is 4.79. The molecule has 1 fully saturated rings. The lowest BCUT2D eigenvalue weighted by molar-refractivity contribution is -0.146. The maximum absolute atomic E-state index is 13.7. The van der Waals surface area contributed by atoms with Crippen molar-refractivity contribution in [2.45, 2.75) is 51.4 Å². The summed E-state index contributed by atoms with van der Waals surface area (Å²) < 4.78 is 41.9. The topological polar surface area (TPSA) is 76.0 Å². The predicted octanol–water partition coefficient (Wildman–Crippen LogP) is 3.25. The molecule has 2 aromatic rings. The number of carbonyl (C=O) groups is 2. The molecule has 1 aromatic heterocycles. The van der Waals surface area contributed by atoms with Crippen molar-refractivity contribution in [3.8, 4) is 0 Å². The van der Waals surface area contributed by atoms with Crippen molar-refractivity contribution in [1.82, 2.24) is 20.4 Å². The Labute approximate surface area is 172 Å². The highest BCUT2D eigenvalue weighted by atomic mass is 19.4. The summed E-state index contributed by atoms with van der Waals surface area (Å²) in [6.45, 7) is 6.35. The van der Waals surface area contributed by atoms with Gasteiger partial charge >= 0.3 is 6.18 Å². The first kappa shape index (κ1) is 21.6. The van der Waals surface area contributed by atoms with Gasteiger partial charge in [0.25, 0.3) is 5.91 Å². The average molecular weight is 420 g/mol. The van der Waals surface area contributed by atoms with Crippen molar-refractivity contribution in [2.24, 2.45) is 0 Å². The molecular weight excluding hydrogens is 397 g/mol. The third-order valence-corrected chi connectivity index (χ3v) is 4.79. The van der Waals surface area contributed by atoms with Gasteiger partial charge in [-0.15, -0.1) is 0 Å². The molecule has 0 radical (unpaired) electrons. The Balaban J connectivity index is 1.93. The van der Waals surface area contributed by atoms with Gasteiger partial charge in [-0.05, 0) is 39.3 Å². The van der Waals surface area contributed by atoms with Gasteiger partial charge < -0.3 is 10.6 Å². The largest absolute Gasteiger partial charge is 0.433 e. The standard InChI is InChI=1S/C21H23F3N4O2/c1-19(2,3)28-16(21(22,23)24)14(12-25-28)10-15-17(29)27-20(4,18(30)26-15)11-13-8-6-5-7-9-13/h5-10,12H,11H2,1-4H3,(H,26,30)(H,27,29). The van der Waals surface area contributed by atoms with Crippen LogP contribution in [0.2, 0.25) is 0 Å². The quantitative estimate of drug-likeness (QED) is 0.749. The number of hydrogen-bond donors (Lipinski definition) is 2. The number of halogens is 3. The van der Waals surface area contributed by atoms with Crippen LogP contribution in [0.4, 0.5) is 13.2 Å². The van der Waals surface area contributed by atoms with E-state index in [4.69, 9.17) is 0 Å². The molecule has 1 unspecified atom stereocenters. The van der Waals surface area contributed by atoms with E-state index < -0.39 is 34.8 Å². The second kappa shape index (κ2) is 7.30. The van der Waals surface area contributed by atoms with Gasteiger partial charge in [-0.3, -0.25) is 14.3 Å². The lowest BCUT2D eigenvalue weighted by atomic mass is 9.89. The van der Waals surface area contributed by atoms with Crippen LogP contribution in [0.25, 0.3) is 6.08 Å². The van der Waals surface area contributed by atoms with Crippen LogP contribution in [0.1, 0.15) is 44.5 Å². The molecule has 1 atom stereocenters. The van der Waals surface area contributed by atoms with E-state index in [-0.39, 0.29) is 17.7 Å². The van der Waals surface area contributed by atoms with E-state index in [9.17, 15) is 22.8 Å². The van der Waals surface area contributed by atoms with E-state index >= 15 is 0 Å². The summed E-state index contributed by atoms with van der Waals surface area (Å²) in [5.74, 6) is -1.17. The van der Waals surface area contributed by atoms with Crippen molar-refractivity contribution >= 4 is 17.9 Å². The zero-order valence-corrected chi connectivity index (χ0v) is 17.1. The lowest BCUT2D eigenvalue weighted by Gasteiger charge is -2.34. The molecule has 0 bridgehead atoms. The highest BCUT2D eigenvalue weighted by Crippen LogP contribution is 2.36.